The molecule has 0 fully saturated rings. The maximum Gasteiger partial charge on any atom is 0.242 e. The molecule has 1 N–H and O–H groups in total. The number of nitrogens with zero attached hydrogens (tertiary/aromatic N) is 1. The van der Waals surface area contributed by atoms with Crippen LogP contribution in [0.15, 0.2) is 78.9 Å². The normalized spacial score (nSPS) is 11.8. The van der Waals surface area contributed by atoms with Gasteiger partial charge in [0.2, 0.25) is 11.8 Å². The van der Waals surface area contributed by atoms with Gasteiger partial charge in [0.25, 0.3) is 0 Å². The fourth-order valence-corrected chi connectivity index (χ4v) is 4.44. The summed E-state index contributed by atoms with van der Waals surface area (Å²) in [5.41, 5.74) is 2.71. The van der Waals surface area contributed by atoms with Crippen molar-refractivity contribution in [2.24, 2.45) is 0 Å². The van der Waals surface area contributed by atoms with Gasteiger partial charge >= 0.3 is 0 Å². The number of amides is 2. The van der Waals surface area contributed by atoms with Gasteiger partial charge in [0.1, 0.15) is 6.04 Å². The summed E-state index contributed by atoms with van der Waals surface area (Å²) < 4.78 is 0. The summed E-state index contributed by atoms with van der Waals surface area (Å²) in [4.78, 5) is 28.2. The minimum Gasteiger partial charge on any atom is -0.354 e. The lowest BCUT2D eigenvalue weighted by molar-refractivity contribution is -0.140. The first-order chi connectivity index (χ1) is 16.4. The van der Waals surface area contributed by atoms with E-state index in [2.05, 4.69) is 5.32 Å². The molecule has 3 aromatic rings. The molecule has 1 atom stereocenters. The number of nitrogens with one attached hydrogen (secondary N) is 1. The zero-order valence-corrected chi connectivity index (χ0v) is 21.0. The molecule has 0 bridgehead atoms. The molecule has 0 spiro atoms. The van der Waals surface area contributed by atoms with Gasteiger partial charge in [-0.25, -0.2) is 0 Å². The van der Waals surface area contributed by atoms with E-state index in [1.807, 2.05) is 67.6 Å². The summed E-state index contributed by atoms with van der Waals surface area (Å²) >= 11 is 12.8. The maximum atomic E-state index is 13.8. The summed E-state index contributed by atoms with van der Waals surface area (Å²) in [5.74, 6) is -0.493. The third kappa shape index (κ3) is 6.62. The van der Waals surface area contributed by atoms with Gasteiger partial charge < -0.3 is 10.2 Å². The Morgan fingerprint density at radius 1 is 0.853 bits per heavy atom. The quantitative estimate of drug-likeness (QED) is 0.350. The monoisotopic (exact) mass is 496 g/mol. The average Bonchev–Trinajstić information content (AvgIpc) is 2.86. The van der Waals surface area contributed by atoms with E-state index >= 15 is 0 Å². The molecule has 3 aromatic carbocycles. The van der Waals surface area contributed by atoms with Gasteiger partial charge in [-0.2, -0.15) is 0 Å². The number of benzene rings is 3. The third-order valence-electron chi connectivity index (χ3n) is 5.89. The van der Waals surface area contributed by atoms with Crippen molar-refractivity contribution in [3.05, 3.63) is 106 Å². The molecule has 0 radical (unpaired) electrons. The first kappa shape index (κ1) is 25.8. The van der Waals surface area contributed by atoms with Crippen LogP contribution in [-0.4, -0.2) is 29.3 Å². The van der Waals surface area contributed by atoms with Crippen LogP contribution in [-0.2, 0) is 16.1 Å². The van der Waals surface area contributed by atoms with Crippen LogP contribution in [0.5, 0.6) is 0 Å². The van der Waals surface area contributed by atoms with Crippen molar-refractivity contribution < 1.29 is 9.59 Å². The van der Waals surface area contributed by atoms with Gasteiger partial charge in [0, 0.05) is 41.0 Å². The van der Waals surface area contributed by atoms with Gasteiger partial charge in [-0.15, -0.1) is 0 Å². The molecule has 34 heavy (non-hydrogen) atoms. The van der Waals surface area contributed by atoms with Gasteiger partial charge in [-0.3, -0.25) is 9.59 Å². The summed E-state index contributed by atoms with van der Waals surface area (Å²) in [5, 5.41) is 3.83. The summed E-state index contributed by atoms with van der Waals surface area (Å²) in [6.07, 6.45) is 1.02. The summed E-state index contributed by atoms with van der Waals surface area (Å²) in [6, 6.07) is 24.5. The van der Waals surface area contributed by atoms with E-state index in [1.54, 1.807) is 30.0 Å². The largest absolute Gasteiger partial charge is 0.354 e. The van der Waals surface area contributed by atoms with Crippen LogP contribution in [0.2, 0.25) is 10.0 Å². The number of hydrogen-bond acceptors (Lipinski definition) is 2. The van der Waals surface area contributed by atoms with Crippen LogP contribution >= 0.6 is 23.2 Å². The molecule has 0 saturated heterocycles. The Labute approximate surface area is 211 Å². The molecule has 0 saturated carbocycles. The molecular formula is C28H30Cl2N2O2. The Balaban J connectivity index is 1.94. The van der Waals surface area contributed by atoms with E-state index in [9.17, 15) is 9.59 Å². The highest BCUT2D eigenvalue weighted by Gasteiger charge is 2.29. The number of halogens is 2. The zero-order chi connectivity index (χ0) is 24.5. The first-order valence-electron chi connectivity index (χ1n) is 11.5. The second kappa shape index (κ2) is 12.6. The fraction of sp³-hybridized carbons (Fsp3) is 0.286. The number of rotatable bonds is 10. The van der Waals surface area contributed by atoms with Crippen LogP contribution in [0.3, 0.4) is 0 Å². The SMILES string of the molecule is CCCNC(=O)C(C)N(Cc1c(Cl)cccc1Cl)C(=O)CC(c1ccccc1)c1ccccc1. The van der Waals surface area contributed by atoms with E-state index in [1.165, 1.54) is 0 Å². The molecule has 0 heterocycles. The number of carbonyl (C=O) groups is 2. The predicted octanol–water partition coefficient (Wildman–Crippen LogP) is 6.46. The molecule has 0 aliphatic carbocycles. The Morgan fingerprint density at radius 2 is 1.38 bits per heavy atom. The fourth-order valence-electron chi connectivity index (χ4n) is 3.92. The topological polar surface area (TPSA) is 49.4 Å². The molecular weight excluding hydrogens is 467 g/mol. The van der Waals surface area contributed by atoms with Crippen LogP contribution < -0.4 is 5.32 Å². The zero-order valence-electron chi connectivity index (χ0n) is 19.5. The van der Waals surface area contributed by atoms with E-state index in [0.29, 0.717) is 22.2 Å². The lowest BCUT2D eigenvalue weighted by Gasteiger charge is -2.31. The van der Waals surface area contributed by atoms with Crippen molar-refractivity contribution in [3.8, 4) is 0 Å². The predicted molar refractivity (Wildman–Crippen MR) is 139 cm³/mol. The number of hydrogen-bond donors (Lipinski definition) is 1. The van der Waals surface area contributed by atoms with E-state index in [0.717, 1.165) is 17.5 Å². The van der Waals surface area contributed by atoms with Crippen molar-refractivity contribution in [1.29, 1.82) is 0 Å². The molecule has 2 amide bonds. The lowest BCUT2D eigenvalue weighted by Crippen LogP contribution is -2.48. The van der Waals surface area contributed by atoms with Crippen molar-refractivity contribution in [2.45, 2.75) is 45.2 Å². The van der Waals surface area contributed by atoms with Gasteiger partial charge in [-0.1, -0.05) is 96.9 Å². The molecule has 0 aliphatic rings. The minimum atomic E-state index is -0.682. The number of carbonyl (C=O) groups excluding carboxylic acids is 2. The molecule has 0 aromatic heterocycles. The molecule has 1 unspecified atom stereocenters. The standard InChI is InChI=1S/C28H30Cl2N2O2/c1-3-17-31-28(34)20(2)32(19-24-25(29)15-10-16-26(24)30)27(33)18-23(21-11-6-4-7-12-21)22-13-8-5-9-14-22/h4-16,20,23H,3,17-19H2,1-2H3,(H,31,34). The minimum absolute atomic E-state index is 0.146. The third-order valence-corrected chi connectivity index (χ3v) is 6.60. The molecule has 3 rings (SSSR count). The summed E-state index contributed by atoms with van der Waals surface area (Å²) in [7, 11) is 0. The maximum absolute atomic E-state index is 13.8. The molecule has 6 heteroatoms. The van der Waals surface area contributed by atoms with Crippen LogP contribution in [0.25, 0.3) is 0 Å². The second-order valence-corrected chi connectivity index (χ2v) is 9.08. The Hall–Kier alpha value is -2.82. The Bertz CT molecular complexity index is 1030. The van der Waals surface area contributed by atoms with E-state index < -0.39 is 6.04 Å². The Morgan fingerprint density at radius 3 is 1.88 bits per heavy atom. The van der Waals surface area contributed by atoms with Crippen LogP contribution in [0.4, 0.5) is 0 Å². The second-order valence-electron chi connectivity index (χ2n) is 8.27. The lowest BCUT2D eigenvalue weighted by atomic mass is 9.88. The molecule has 178 valence electrons. The highest BCUT2D eigenvalue weighted by atomic mass is 35.5. The summed E-state index contributed by atoms with van der Waals surface area (Å²) in [6.45, 7) is 4.43. The van der Waals surface area contributed by atoms with Gasteiger partial charge in [0.15, 0.2) is 0 Å². The van der Waals surface area contributed by atoms with Crippen LogP contribution in [0, 0.1) is 0 Å². The van der Waals surface area contributed by atoms with Crippen molar-refractivity contribution >= 4 is 35.0 Å². The van der Waals surface area contributed by atoms with E-state index in [4.69, 9.17) is 23.2 Å². The average molecular weight is 497 g/mol. The molecule has 4 nitrogen and oxygen atoms in total. The van der Waals surface area contributed by atoms with Crippen molar-refractivity contribution in [3.63, 3.8) is 0 Å². The van der Waals surface area contributed by atoms with Crippen molar-refractivity contribution in [2.75, 3.05) is 6.54 Å². The highest BCUT2D eigenvalue weighted by Crippen LogP contribution is 2.31. The van der Waals surface area contributed by atoms with Gasteiger partial charge in [0.05, 0.1) is 0 Å². The smallest absolute Gasteiger partial charge is 0.242 e. The molecule has 0 aliphatic heterocycles. The first-order valence-corrected chi connectivity index (χ1v) is 12.3. The Kier molecular flexibility index (Phi) is 9.55. The van der Waals surface area contributed by atoms with E-state index in [-0.39, 0.29) is 30.7 Å². The highest BCUT2D eigenvalue weighted by molar-refractivity contribution is 6.36. The van der Waals surface area contributed by atoms with Gasteiger partial charge in [-0.05, 0) is 36.6 Å². The van der Waals surface area contributed by atoms with Crippen molar-refractivity contribution in [1.82, 2.24) is 10.2 Å². The van der Waals surface area contributed by atoms with Crippen LogP contribution in [0.1, 0.15) is 49.3 Å².